The Kier molecular flexibility index (Phi) is 4.73. The predicted molar refractivity (Wildman–Crippen MR) is 81.6 cm³/mol. The van der Waals surface area contributed by atoms with Crippen LogP contribution in [-0.2, 0) is 16.6 Å². The molecule has 0 amide bonds. The molecule has 0 aromatic heterocycles. The number of hydrogen-bond donors (Lipinski definition) is 2. The highest BCUT2D eigenvalue weighted by Gasteiger charge is 2.16. The van der Waals surface area contributed by atoms with Gasteiger partial charge in [0.1, 0.15) is 5.82 Å². The van der Waals surface area contributed by atoms with E-state index in [1.165, 1.54) is 30.3 Å². The predicted octanol–water partition coefficient (Wildman–Crippen LogP) is 3.39. The maximum Gasteiger partial charge on any atom is 0.261 e. The number of hydrogen-bond acceptors (Lipinski definition) is 3. The number of sulfonamides is 1. The van der Waals surface area contributed by atoms with Crippen molar-refractivity contribution in [2.24, 2.45) is 5.73 Å². The lowest BCUT2D eigenvalue weighted by molar-refractivity contribution is 0.601. The number of nitrogens with two attached hydrogens (primary N) is 1. The van der Waals surface area contributed by atoms with Gasteiger partial charge >= 0.3 is 0 Å². The highest BCUT2D eigenvalue weighted by Crippen LogP contribution is 2.24. The molecule has 21 heavy (non-hydrogen) atoms. The van der Waals surface area contributed by atoms with Crippen LogP contribution in [-0.4, -0.2) is 8.42 Å². The van der Waals surface area contributed by atoms with E-state index >= 15 is 0 Å². The Morgan fingerprint density at radius 3 is 2.38 bits per heavy atom. The molecule has 0 saturated heterocycles. The average Bonchev–Trinajstić information content (AvgIpc) is 2.43. The third-order valence-electron chi connectivity index (χ3n) is 2.72. The lowest BCUT2D eigenvalue weighted by Gasteiger charge is -2.10. The van der Waals surface area contributed by atoms with Gasteiger partial charge in [0.05, 0.1) is 15.6 Å². The molecule has 2 aromatic carbocycles. The second-order valence-electron chi connectivity index (χ2n) is 4.19. The second kappa shape index (κ2) is 6.19. The van der Waals surface area contributed by atoms with E-state index in [0.717, 1.165) is 6.07 Å². The van der Waals surface area contributed by atoms with Crippen LogP contribution in [0.5, 0.6) is 0 Å². The first-order chi connectivity index (χ1) is 9.83. The van der Waals surface area contributed by atoms with Gasteiger partial charge in [0.25, 0.3) is 10.0 Å². The molecular formula is C13H11Cl2FN2O2S. The zero-order valence-electron chi connectivity index (χ0n) is 10.6. The Morgan fingerprint density at radius 2 is 1.76 bits per heavy atom. The summed E-state index contributed by atoms with van der Waals surface area (Å²) in [5, 5.41) is 0.295. The van der Waals surface area contributed by atoms with E-state index in [4.69, 9.17) is 28.9 Å². The molecule has 0 unspecified atom stereocenters. The van der Waals surface area contributed by atoms with Crippen molar-refractivity contribution in [3.63, 3.8) is 0 Å². The molecule has 0 radical (unpaired) electrons. The minimum Gasteiger partial charge on any atom is -0.326 e. The SMILES string of the molecule is NCc1cc(S(=O)(=O)Nc2ccc(Cl)c(F)c2)ccc1Cl. The van der Waals surface area contributed by atoms with Gasteiger partial charge in [0.15, 0.2) is 0 Å². The molecule has 8 heteroatoms. The van der Waals surface area contributed by atoms with Crippen molar-refractivity contribution in [2.45, 2.75) is 11.4 Å². The van der Waals surface area contributed by atoms with Crippen LogP contribution in [0.25, 0.3) is 0 Å². The molecule has 4 nitrogen and oxygen atoms in total. The third kappa shape index (κ3) is 3.65. The Morgan fingerprint density at radius 1 is 1.10 bits per heavy atom. The van der Waals surface area contributed by atoms with Crippen molar-refractivity contribution < 1.29 is 12.8 Å². The van der Waals surface area contributed by atoms with Crippen molar-refractivity contribution in [1.29, 1.82) is 0 Å². The fourth-order valence-corrected chi connectivity index (χ4v) is 3.06. The highest BCUT2D eigenvalue weighted by atomic mass is 35.5. The second-order valence-corrected chi connectivity index (χ2v) is 6.69. The van der Waals surface area contributed by atoms with E-state index in [9.17, 15) is 12.8 Å². The topological polar surface area (TPSA) is 72.2 Å². The van der Waals surface area contributed by atoms with Crippen LogP contribution in [0.4, 0.5) is 10.1 Å². The quantitative estimate of drug-likeness (QED) is 0.889. The van der Waals surface area contributed by atoms with Gasteiger partial charge < -0.3 is 5.73 Å². The van der Waals surface area contributed by atoms with Crippen molar-refractivity contribution in [3.05, 3.63) is 57.8 Å². The normalized spacial score (nSPS) is 11.4. The minimum atomic E-state index is -3.87. The molecule has 0 heterocycles. The van der Waals surface area contributed by atoms with Crippen molar-refractivity contribution in [3.8, 4) is 0 Å². The molecule has 0 aliphatic heterocycles. The maximum atomic E-state index is 13.3. The lowest BCUT2D eigenvalue weighted by atomic mass is 10.2. The number of nitrogens with one attached hydrogen (secondary N) is 1. The van der Waals surface area contributed by atoms with Crippen LogP contribution < -0.4 is 10.5 Å². The van der Waals surface area contributed by atoms with Gasteiger partial charge in [0.2, 0.25) is 0 Å². The smallest absolute Gasteiger partial charge is 0.261 e. The first-order valence-electron chi connectivity index (χ1n) is 5.80. The van der Waals surface area contributed by atoms with E-state index in [1.807, 2.05) is 0 Å². The van der Waals surface area contributed by atoms with E-state index in [2.05, 4.69) is 4.72 Å². The summed E-state index contributed by atoms with van der Waals surface area (Å²) in [7, 11) is -3.87. The fraction of sp³-hybridized carbons (Fsp3) is 0.0769. The summed E-state index contributed by atoms with van der Waals surface area (Å²) in [6.07, 6.45) is 0. The summed E-state index contributed by atoms with van der Waals surface area (Å²) in [6, 6.07) is 7.79. The molecule has 2 aromatic rings. The summed E-state index contributed by atoms with van der Waals surface area (Å²) < 4.78 is 40.0. The van der Waals surface area contributed by atoms with E-state index < -0.39 is 15.8 Å². The molecule has 0 saturated carbocycles. The Balaban J connectivity index is 2.35. The molecule has 3 N–H and O–H groups in total. The zero-order chi connectivity index (χ0) is 15.6. The molecule has 0 bridgehead atoms. The Bertz CT molecular complexity index is 782. The van der Waals surface area contributed by atoms with E-state index in [0.29, 0.717) is 10.6 Å². The summed E-state index contributed by atoms with van der Waals surface area (Å²) in [5.41, 5.74) is 6.06. The molecular weight excluding hydrogens is 338 g/mol. The van der Waals surface area contributed by atoms with E-state index in [-0.39, 0.29) is 22.2 Å². The van der Waals surface area contributed by atoms with Gasteiger partial charge in [-0.15, -0.1) is 0 Å². The standard InChI is InChI=1S/C13H11Cl2FN2O2S/c14-11-4-2-10(5-8(11)7-17)21(19,20)18-9-1-3-12(15)13(16)6-9/h1-6,18H,7,17H2. The number of halogens is 3. The lowest BCUT2D eigenvalue weighted by Crippen LogP contribution is -2.14. The monoisotopic (exact) mass is 348 g/mol. The van der Waals surface area contributed by atoms with Crippen LogP contribution in [0.1, 0.15) is 5.56 Å². The molecule has 0 atom stereocenters. The van der Waals surface area contributed by atoms with Gasteiger partial charge in [-0.05, 0) is 42.0 Å². The van der Waals surface area contributed by atoms with Crippen LogP contribution in [0.15, 0.2) is 41.3 Å². The molecule has 2 rings (SSSR count). The van der Waals surface area contributed by atoms with Crippen molar-refractivity contribution in [1.82, 2.24) is 0 Å². The Labute approximate surface area is 131 Å². The summed E-state index contributed by atoms with van der Waals surface area (Å²) in [4.78, 5) is -0.0114. The van der Waals surface area contributed by atoms with Crippen molar-refractivity contribution >= 4 is 38.9 Å². The van der Waals surface area contributed by atoms with Gasteiger partial charge in [-0.3, -0.25) is 4.72 Å². The summed E-state index contributed by atoms with van der Waals surface area (Å²) >= 11 is 11.4. The highest BCUT2D eigenvalue weighted by molar-refractivity contribution is 7.92. The van der Waals surface area contributed by atoms with Gasteiger partial charge in [-0.25, -0.2) is 12.8 Å². The third-order valence-corrected chi connectivity index (χ3v) is 4.77. The molecule has 0 aliphatic rings. The molecule has 0 fully saturated rings. The Hall–Kier alpha value is -1.34. The van der Waals surface area contributed by atoms with Crippen LogP contribution in [0.2, 0.25) is 10.0 Å². The first kappa shape index (κ1) is 16.0. The van der Waals surface area contributed by atoms with Crippen LogP contribution in [0.3, 0.4) is 0 Å². The molecule has 112 valence electrons. The summed E-state index contributed by atoms with van der Waals surface area (Å²) in [5.74, 6) is -0.712. The van der Waals surface area contributed by atoms with E-state index in [1.54, 1.807) is 0 Å². The van der Waals surface area contributed by atoms with Crippen molar-refractivity contribution in [2.75, 3.05) is 4.72 Å². The number of benzene rings is 2. The maximum absolute atomic E-state index is 13.3. The molecule has 0 spiro atoms. The zero-order valence-corrected chi connectivity index (χ0v) is 12.9. The fourth-order valence-electron chi connectivity index (χ4n) is 1.65. The number of anilines is 1. The largest absolute Gasteiger partial charge is 0.326 e. The van der Waals surface area contributed by atoms with Crippen LogP contribution in [0, 0.1) is 5.82 Å². The average molecular weight is 349 g/mol. The summed E-state index contributed by atoms with van der Waals surface area (Å²) in [6.45, 7) is 0.109. The number of rotatable bonds is 4. The minimum absolute atomic E-state index is 0.0114. The van der Waals surface area contributed by atoms with Crippen LogP contribution >= 0.6 is 23.2 Å². The van der Waals surface area contributed by atoms with Gasteiger partial charge in [0, 0.05) is 11.6 Å². The first-order valence-corrected chi connectivity index (χ1v) is 8.04. The van der Waals surface area contributed by atoms with Gasteiger partial charge in [-0.2, -0.15) is 0 Å². The molecule has 0 aliphatic carbocycles. The van der Waals surface area contributed by atoms with Gasteiger partial charge in [-0.1, -0.05) is 23.2 Å².